The van der Waals surface area contributed by atoms with Gasteiger partial charge >= 0.3 is 6.09 Å². The number of aldehydes is 1. The first-order valence-corrected chi connectivity index (χ1v) is 15.1. The van der Waals surface area contributed by atoms with E-state index in [0.29, 0.717) is 45.3 Å². The van der Waals surface area contributed by atoms with E-state index in [1.165, 1.54) is 20.3 Å². The van der Waals surface area contributed by atoms with Crippen LogP contribution in [0.25, 0.3) is 33.2 Å². The maximum absolute atomic E-state index is 15.5. The van der Waals surface area contributed by atoms with Crippen molar-refractivity contribution in [2.45, 2.75) is 39.5 Å². The molecule has 4 aromatic carbocycles. The smallest absolute Gasteiger partial charge is 0.407 e. The Morgan fingerprint density at radius 3 is 2.37 bits per heavy atom. The van der Waals surface area contributed by atoms with Gasteiger partial charge in [-0.15, -0.1) is 0 Å². The maximum atomic E-state index is 15.5. The Hall–Kier alpha value is -4.60. The predicted molar refractivity (Wildman–Crippen MR) is 178 cm³/mol. The minimum atomic E-state index is -0.687. The molecule has 8 nitrogen and oxygen atoms in total. The van der Waals surface area contributed by atoms with Crippen molar-refractivity contribution in [3.8, 4) is 33.8 Å². The zero-order valence-electron chi connectivity index (χ0n) is 25.9. The Labute approximate surface area is 276 Å². The molecular weight excluding hydrogens is 632 g/mol. The van der Waals surface area contributed by atoms with Crippen LogP contribution in [0.3, 0.4) is 0 Å². The molecule has 5 rings (SSSR count). The van der Waals surface area contributed by atoms with Crippen molar-refractivity contribution in [3.63, 3.8) is 0 Å². The van der Waals surface area contributed by atoms with Crippen LogP contribution >= 0.6 is 23.2 Å². The van der Waals surface area contributed by atoms with Crippen molar-refractivity contribution in [1.29, 1.82) is 0 Å². The van der Waals surface area contributed by atoms with Gasteiger partial charge in [-0.2, -0.15) is 5.10 Å². The highest BCUT2D eigenvalue weighted by Gasteiger charge is 2.21. The third-order valence-electron chi connectivity index (χ3n) is 7.32. The molecule has 0 saturated carbocycles. The Bertz CT molecular complexity index is 1950. The van der Waals surface area contributed by atoms with Gasteiger partial charge in [0.05, 0.1) is 49.6 Å². The maximum Gasteiger partial charge on any atom is 0.407 e. The number of carbonyl (C=O) groups is 2. The first kappa shape index (κ1) is 32.8. The minimum absolute atomic E-state index is 0.122. The number of carbonyl (C=O) groups excluding carboxylic acids is 2. The van der Waals surface area contributed by atoms with Crippen LogP contribution in [-0.4, -0.2) is 42.0 Å². The average molecular weight is 665 g/mol. The number of fused-ring (bicyclic) bond motifs is 1. The van der Waals surface area contributed by atoms with E-state index in [4.69, 9.17) is 37.4 Å². The molecule has 0 bridgehead atoms. The topological polar surface area (TPSA) is 91.7 Å². The highest BCUT2D eigenvalue weighted by Crippen LogP contribution is 2.41. The zero-order chi connectivity index (χ0) is 33.2. The molecule has 46 heavy (non-hydrogen) atoms. The van der Waals surface area contributed by atoms with Gasteiger partial charge in [-0.05, 0) is 67.8 Å². The fourth-order valence-corrected chi connectivity index (χ4v) is 5.75. The fourth-order valence-electron chi connectivity index (χ4n) is 5.18. The average Bonchev–Trinajstić information content (AvgIpc) is 3.43. The number of hydrogen-bond acceptors (Lipinski definition) is 6. The van der Waals surface area contributed by atoms with Gasteiger partial charge in [0.25, 0.3) is 0 Å². The Kier molecular flexibility index (Phi) is 9.55. The summed E-state index contributed by atoms with van der Waals surface area (Å²) in [5.41, 5.74) is 4.10. The molecule has 0 atom stereocenters. The summed E-state index contributed by atoms with van der Waals surface area (Å²) >= 11 is 13.5. The number of nitrogens with one attached hydrogen (secondary N) is 1. The molecule has 0 radical (unpaired) electrons. The molecule has 0 aliphatic carbocycles. The third kappa shape index (κ3) is 6.80. The second-order valence-corrected chi connectivity index (χ2v) is 12.3. The number of amides is 1. The Morgan fingerprint density at radius 2 is 1.67 bits per heavy atom. The molecule has 0 aliphatic heterocycles. The van der Waals surface area contributed by atoms with Crippen LogP contribution < -0.4 is 14.8 Å². The molecule has 1 heterocycles. The molecule has 5 aromatic rings. The van der Waals surface area contributed by atoms with Crippen molar-refractivity contribution >= 4 is 46.5 Å². The second kappa shape index (κ2) is 13.4. The molecule has 238 valence electrons. The summed E-state index contributed by atoms with van der Waals surface area (Å²) in [6.45, 7) is 5.46. The van der Waals surface area contributed by atoms with E-state index in [9.17, 15) is 9.59 Å². The lowest BCUT2D eigenvalue weighted by Crippen LogP contribution is -2.32. The van der Waals surface area contributed by atoms with E-state index < -0.39 is 17.5 Å². The summed E-state index contributed by atoms with van der Waals surface area (Å²) in [4.78, 5) is 23.6. The van der Waals surface area contributed by atoms with Crippen LogP contribution in [0, 0.1) is 5.82 Å². The molecule has 0 fully saturated rings. The molecular formula is C35H32Cl2FN3O5. The first-order chi connectivity index (χ1) is 21.9. The van der Waals surface area contributed by atoms with Crippen LogP contribution in [-0.2, 0) is 17.8 Å². The summed E-state index contributed by atoms with van der Waals surface area (Å²) in [7, 11) is 2.93. The SMILES string of the molecule is COc1cc(Cn2ncc3c(-c4cccc(-c5cc(F)c(CNC(=O)OC(C)(C)C)c(OC)c5)c4Cl)cccc32)c(Cl)cc1C=O. The molecule has 1 aromatic heterocycles. The summed E-state index contributed by atoms with van der Waals surface area (Å²) in [5.74, 6) is 0.120. The molecule has 0 spiro atoms. The lowest BCUT2D eigenvalue weighted by atomic mass is 9.96. The first-order valence-electron chi connectivity index (χ1n) is 14.3. The highest BCUT2D eigenvalue weighted by atomic mass is 35.5. The van der Waals surface area contributed by atoms with Crippen LogP contribution in [0.5, 0.6) is 11.5 Å². The summed E-state index contributed by atoms with van der Waals surface area (Å²) < 4.78 is 33.4. The third-order valence-corrected chi connectivity index (χ3v) is 8.08. The molecule has 11 heteroatoms. The van der Waals surface area contributed by atoms with Gasteiger partial charge in [-0.3, -0.25) is 9.48 Å². The van der Waals surface area contributed by atoms with Gasteiger partial charge in [0.1, 0.15) is 22.9 Å². The van der Waals surface area contributed by atoms with Crippen LogP contribution in [0.4, 0.5) is 9.18 Å². The number of hydrogen-bond donors (Lipinski definition) is 1. The minimum Gasteiger partial charge on any atom is -0.496 e. The van der Waals surface area contributed by atoms with E-state index in [1.54, 1.807) is 51.2 Å². The number of nitrogens with zero attached hydrogens (tertiary/aromatic N) is 2. The lowest BCUT2D eigenvalue weighted by Gasteiger charge is -2.20. The summed E-state index contributed by atoms with van der Waals surface area (Å²) in [6.07, 6.45) is 1.79. The summed E-state index contributed by atoms with van der Waals surface area (Å²) in [5, 5.41) is 8.89. The second-order valence-electron chi connectivity index (χ2n) is 11.5. The molecule has 0 unspecified atom stereocenters. The molecule has 0 aliphatic rings. The van der Waals surface area contributed by atoms with Crippen molar-refractivity contribution in [1.82, 2.24) is 15.1 Å². The number of ether oxygens (including phenoxy) is 3. The van der Waals surface area contributed by atoms with Crippen LogP contribution in [0.1, 0.15) is 42.3 Å². The Balaban J connectivity index is 1.48. The molecule has 1 amide bonds. The van der Waals surface area contributed by atoms with E-state index >= 15 is 4.39 Å². The quantitative estimate of drug-likeness (QED) is 0.159. The van der Waals surface area contributed by atoms with E-state index in [2.05, 4.69) is 10.4 Å². The lowest BCUT2D eigenvalue weighted by molar-refractivity contribution is 0.0522. The van der Waals surface area contributed by atoms with Crippen molar-refractivity contribution in [2.24, 2.45) is 0 Å². The van der Waals surface area contributed by atoms with Crippen LogP contribution in [0.2, 0.25) is 10.0 Å². The van der Waals surface area contributed by atoms with Gasteiger partial charge < -0.3 is 19.5 Å². The number of halogens is 3. The van der Waals surface area contributed by atoms with Crippen molar-refractivity contribution in [2.75, 3.05) is 14.2 Å². The summed E-state index contributed by atoms with van der Waals surface area (Å²) in [6, 6.07) is 17.7. The van der Waals surface area contributed by atoms with E-state index in [1.807, 2.05) is 35.0 Å². The fraction of sp³-hybridized carbons (Fsp3) is 0.229. The standard InChI is InChI=1S/C35H32Cl2FN3O5/c1-35(2,3)46-34(43)39-16-27-29(38)13-20(14-32(27)45-5)23-8-6-10-25(33(23)37)24-9-7-11-30-26(24)17-40-41(30)18-21-15-31(44-4)22(19-42)12-28(21)36/h6-15,17,19H,16,18H2,1-5H3,(H,39,43). The molecule has 1 N–H and O–H groups in total. The van der Waals surface area contributed by atoms with Crippen molar-refractivity contribution in [3.05, 3.63) is 99.4 Å². The molecule has 0 saturated heterocycles. The highest BCUT2D eigenvalue weighted by molar-refractivity contribution is 6.36. The zero-order valence-corrected chi connectivity index (χ0v) is 27.4. The van der Waals surface area contributed by atoms with Crippen molar-refractivity contribution < 1.29 is 28.2 Å². The Morgan fingerprint density at radius 1 is 0.978 bits per heavy atom. The normalized spacial score (nSPS) is 11.4. The van der Waals surface area contributed by atoms with Gasteiger partial charge in [0.15, 0.2) is 6.29 Å². The van der Waals surface area contributed by atoms with E-state index in [-0.39, 0.29) is 17.9 Å². The van der Waals surface area contributed by atoms with Gasteiger partial charge in [0, 0.05) is 27.1 Å². The van der Waals surface area contributed by atoms with Crippen LogP contribution in [0.15, 0.2) is 66.9 Å². The number of rotatable bonds is 9. The van der Waals surface area contributed by atoms with Gasteiger partial charge in [-0.25, -0.2) is 9.18 Å². The number of aromatic nitrogens is 2. The number of methoxy groups -OCH3 is 2. The van der Waals surface area contributed by atoms with Gasteiger partial charge in [0.2, 0.25) is 0 Å². The monoisotopic (exact) mass is 663 g/mol. The largest absolute Gasteiger partial charge is 0.496 e. The number of benzene rings is 4. The van der Waals surface area contributed by atoms with Gasteiger partial charge in [-0.1, -0.05) is 53.5 Å². The number of alkyl carbamates (subject to hydrolysis) is 1. The van der Waals surface area contributed by atoms with E-state index in [0.717, 1.165) is 27.6 Å². The predicted octanol–water partition coefficient (Wildman–Crippen LogP) is 8.72.